The summed E-state index contributed by atoms with van der Waals surface area (Å²) in [4.78, 5) is 12.7. The van der Waals surface area contributed by atoms with Gasteiger partial charge in [-0.05, 0) is 6.07 Å². The van der Waals surface area contributed by atoms with Crippen molar-refractivity contribution in [1.29, 1.82) is 0 Å². The molecular weight excluding hydrogens is 350 g/mol. The van der Waals surface area contributed by atoms with Crippen molar-refractivity contribution in [3.63, 3.8) is 0 Å². The number of fused-ring (bicyclic) bond motifs is 1. The van der Waals surface area contributed by atoms with Crippen molar-refractivity contribution in [2.24, 2.45) is 0 Å². The number of nitrogens with one attached hydrogen (secondary N) is 1. The summed E-state index contributed by atoms with van der Waals surface area (Å²) >= 11 is 1.31. The zero-order valence-electron chi connectivity index (χ0n) is 13.9. The third-order valence-electron chi connectivity index (χ3n) is 3.86. The average Bonchev–Trinajstić information content (AvgIpc) is 3.28. The van der Waals surface area contributed by atoms with E-state index >= 15 is 0 Å². The molecule has 0 aliphatic carbocycles. The van der Waals surface area contributed by atoms with Gasteiger partial charge in [0.15, 0.2) is 5.76 Å². The Labute approximate surface area is 153 Å². The van der Waals surface area contributed by atoms with Gasteiger partial charge in [0.2, 0.25) is 5.13 Å². The number of nitrogens with zero attached hydrogens (tertiary/aromatic N) is 2. The van der Waals surface area contributed by atoms with Crippen LogP contribution in [0.25, 0.3) is 21.5 Å². The van der Waals surface area contributed by atoms with E-state index < -0.39 is 0 Å². The lowest BCUT2D eigenvalue weighted by atomic mass is 10.1. The first kappa shape index (κ1) is 16.4. The van der Waals surface area contributed by atoms with Crippen LogP contribution in [0.5, 0.6) is 0 Å². The first-order chi connectivity index (χ1) is 12.8. The number of methoxy groups -OCH3 is 1. The minimum atomic E-state index is -0.371. The standard InChI is InChI=1S/C19H15N3O3S/c1-24-11-14-13-9-5-6-10-15(13)25-16(14)17(23)20-19-22-21-18(26-19)12-7-3-2-4-8-12/h2-10H,11H2,1H3,(H,20,22,23). The van der Waals surface area contributed by atoms with Gasteiger partial charge in [0.05, 0.1) is 6.61 Å². The van der Waals surface area contributed by atoms with Gasteiger partial charge in [-0.25, -0.2) is 0 Å². The second kappa shape index (κ2) is 7.07. The molecule has 0 aliphatic rings. The highest BCUT2D eigenvalue weighted by atomic mass is 32.1. The Balaban J connectivity index is 1.62. The molecule has 2 aromatic carbocycles. The number of benzene rings is 2. The number of amides is 1. The van der Waals surface area contributed by atoms with Crippen LogP contribution >= 0.6 is 11.3 Å². The quantitative estimate of drug-likeness (QED) is 0.569. The van der Waals surface area contributed by atoms with E-state index in [1.807, 2.05) is 54.6 Å². The van der Waals surface area contributed by atoms with Crippen LogP contribution in [0.1, 0.15) is 16.1 Å². The molecule has 4 aromatic rings. The van der Waals surface area contributed by atoms with E-state index in [4.69, 9.17) is 9.15 Å². The normalized spacial score (nSPS) is 11.0. The lowest BCUT2D eigenvalue weighted by molar-refractivity contribution is 0.0992. The third-order valence-corrected chi connectivity index (χ3v) is 4.75. The Hall–Kier alpha value is -3.03. The van der Waals surface area contributed by atoms with Gasteiger partial charge in [-0.2, -0.15) is 0 Å². The molecule has 1 amide bonds. The summed E-state index contributed by atoms with van der Waals surface area (Å²) in [5.41, 5.74) is 2.31. The molecule has 0 radical (unpaired) electrons. The molecule has 6 nitrogen and oxygen atoms in total. The number of aromatic nitrogens is 2. The topological polar surface area (TPSA) is 77.2 Å². The maximum atomic E-state index is 12.7. The van der Waals surface area contributed by atoms with Gasteiger partial charge < -0.3 is 9.15 Å². The minimum Gasteiger partial charge on any atom is -0.451 e. The number of hydrogen-bond acceptors (Lipinski definition) is 6. The number of para-hydroxylation sites is 1. The molecule has 0 saturated carbocycles. The molecule has 0 fully saturated rings. The zero-order chi connectivity index (χ0) is 17.9. The second-order valence-electron chi connectivity index (χ2n) is 5.57. The Morgan fingerprint density at radius 2 is 1.88 bits per heavy atom. The molecule has 26 heavy (non-hydrogen) atoms. The summed E-state index contributed by atoms with van der Waals surface area (Å²) in [5.74, 6) is -0.145. The maximum Gasteiger partial charge on any atom is 0.293 e. The fourth-order valence-corrected chi connectivity index (χ4v) is 3.44. The fraction of sp³-hybridized carbons (Fsp3) is 0.105. The summed E-state index contributed by atoms with van der Waals surface area (Å²) in [5, 5.41) is 13.0. The molecule has 130 valence electrons. The van der Waals surface area contributed by atoms with Crippen LogP contribution < -0.4 is 5.32 Å². The number of anilines is 1. The lowest BCUT2D eigenvalue weighted by Crippen LogP contribution is -2.13. The van der Waals surface area contributed by atoms with Crippen LogP contribution in [-0.4, -0.2) is 23.2 Å². The molecular formula is C19H15N3O3S. The van der Waals surface area contributed by atoms with E-state index in [2.05, 4.69) is 15.5 Å². The lowest BCUT2D eigenvalue weighted by Gasteiger charge is -2.01. The van der Waals surface area contributed by atoms with Gasteiger partial charge >= 0.3 is 0 Å². The minimum absolute atomic E-state index is 0.226. The summed E-state index contributed by atoms with van der Waals surface area (Å²) in [7, 11) is 1.58. The van der Waals surface area contributed by atoms with E-state index in [0.29, 0.717) is 16.3 Å². The zero-order valence-corrected chi connectivity index (χ0v) is 14.7. The van der Waals surface area contributed by atoms with Crippen molar-refractivity contribution in [2.75, 3.05) is 12.4 Å². The molecule has 0 aliphatic heterocycles. The Morgan fingerprint density at radius 3 is 2.69 bits per heavy atom. The first-order valence-electron chi connectivity index (χ1n) is 7.96. The predicted octanol–water partition coefficient (Wildman–Crippen LogP) is 4.35. The van der Waals surface area contributed by atoms with Crippen LogP contribution in [0, 0.1) is 0 Å². The summed E-state index contributed by atoms with van der Waals surface area (Å²) < 4.78 is 11.0. The molecule has 0 bridgehead atoms. The van der Waals surface area contributed by atoms with Crippen molar-refractivity contribution >= 4 is 33.3 Å². The van der Waals surface area contributed by atoms with Crippen molar-refractivity contribution < 1.29 is 13.9 Å². The number of carbonyl (C=O) groups excluding carboxylic acids is 1. The summed E-state index contributed by atoms with van der Waals surface area (Å²) in [6.45, 7) is 0.283. The molecule has 1 N–H and O–H groups in total. The SMILES string of the molecule is COCc1c(C(=O)Nc2nnc(-c3ccccc3)s2)oc2ccccc12. The number of furan rings is 1. The molecule has 4 rings (SSSR count). The molecule has 2 heterocycles. The van der Waals surface area contributed by atoms with Crippen LogP contribution in [0.2, 0.25) is 0 Å². The molecule has 7 heteroatoms. The van der Waals surface area contributed by atoms with Crippen LogP contribution in [-0.2, 0) is 11.3 Å². The van der Waals surface area contributed by atoms with Crippen molar-refractivity contribution in [3.8, 4) is 10.6 Å². The summed E-state index contributed by atoms with van der Waals surface area (Å²) in [6.07, 6.45) is 0. The number of hydrogen-bond donors (Lipinski definition) is 1. The highest BCUT2D eigenvalue weighted by Crippen LogP contribution is 2.29. The van der Waals surface area contributed by atoms with Crippen molar-refractivity contribution in [1.82, 2.24) is 10.2 Å². The number of rotatable bonds is 5. The Morgan fingerprint density at radius 1 is 1.12 bits per heavy atom. The van der Waals surface area contributed by atoms with Gasteiger partial charge in [0.25, 0.3) is 5.91 Å². The monoisotopic (exact) mass is 365 g/mol. The maximum absolute atomic E-state index is 12.7. The van der Waals surface area contributed by atoms with E-state index in [9.17, 15) is 4.79 Å². The van der Waals surface area contributed by atoms with Crippen LogP contribution in [0.3, 0.4) is 0 Å². The molecule has 0 unspecified atom stereocenters. The van der Waals surface area contributed by atoms with Gasteiger partial charge in [0.1, 0.15) is 10.6 Å². The van der Waals surface area contributed by atoms with E-state index in [1.54, 1.807) is 7.11 Å². The van der Waals surface area contributed by atoms with Gasteiger partial charge in [-0.3, -0.25) is 10.1 Å². The first-order valence-corrected chi connectivity index (χ1v) is 8.77. The smallest absolute Gasteiger partial charge is 0.293 e. The summed E-state index contributed by atoms with van der Waals surface area (Å²) in [6, 6.07) is 17.2. The Kier molecular flexibility index (Phi) is 4.47. The highest BCUT2D eigenvalue weighted by molar-refractivity contribution is 7.18. The van der Waals surface area contributed by atoms with Crippen molar-refractivity contribution in [2.45, 2.75) is 6.61 Å². The Bertz CT molecular complexity index is 1060. The second-order valence-corrected chi connectivity index (χ2v) is 6.55. The average molecular weight is 365 g/mol. The third kappa shape index (κ3) is 3.10. The number of carbonyl (C=O) groups is 1. The van der Waals surface area contributed by atoms with Gasteiger partial charge in [-0.1, -0.05) is 59.9 Å². The van der Waals surface area contributed by atoms with Crippen LogP contribution in [0.4, 0.5) is 5.13 Å². The van der Waals surface area contributed by atoms with Gasteiger partial charge in [-0.15, -0.1) is 10.2 Å². The molecule has 0 spiro atoms. The van der Waals surface area contributed by atoms with Gasteiger partial charge in [0, 0.05) is 23.6 Å². The largest absolute Gasteiger partial charge is 0.451 e. The van der Waals surface area contributed by atoms with Crippen LogP contribution in [0.15, 0.2) is 59.0 Å². The molecule has 0 saturated heterocycles. The fourth-order valence-electron chi connectivity index (χ4n) is 2.69. The van der Waals surface area contributed by atoms with E-state index in [0.717, 1.165) is 16.0 Å². The van der Waals surface area contributed by atoms with E-state index in [-0.39, 0.29) is 18.3 Å². The number of ether oxygens (including phenoxy) is 1. The molecule has 0 atom stereocenters. The highest BCUT2D eigenvalue weighted by Gasteiger charge is 2.21. The predicted molar refractivity (Wildman–Crippen MR) is 100 cm³/mol. The molecule has 2 aromatic heterocycles. The van der Waals surface area contributed by atoms with E-state index in [1.165, 1.54) is 11.3 Å². The van der Waals surface area contributed by atoms with Crippen molar-refractivity contribution in [3.05, 3.63) is 65.9 Å².